The monoisotopic (exact) mass is 241 g/mol. The standard InChI is InChI=1S/C15H19N3/c1-2-18(10-11-5-6-11)14-8-7-13-12(15(14)16)4-3-9-17-13/h3-4,7-9,11H,2,5-6,10,16H2,1H3. The summed E-state index contributed by atoms with van der Waals surface area (Å²) in [7, 11) is 0. The minimum absolute atomic E-state index is 0.864. The largest absolute Gasteiger partial charge is 0.396 e. The van der Waals surface area contributed by atoms with Crippen molar-refractivity contribution < 1.29 is 0 Å². The Morgan fingerprint density at radius 3 is 2.89 bits per heavy atom. The highest BCUT2D eigenvalue weighted by Crippen LogP contribution is 2.35. The van der Waals surface area contributed by atoms with Crippen molar-refractivity contribution in [2.75, 3.05) is 23.7 Å². The normalized spacial score (nSPS) is 14.9. The van der Waals surface area contributed by atoms with Crippen LogP contribution in [0.5, 0.6) is 0 Å². The SMILES string of the molecule is CCN(CC1CC1)c1ccc2ncccc2c1N. The summed E-state index contributed by atoms with van der Waals surface area (Å²) in [5.41, 5.74) is 9.30. The van der Waals surface area contributed by atoms with E-state index in [4.69, 9.17) is 5.73 Å². The highest BCUT2D eigenvalue weighted by molar-refractivity contribution is 5.97. The van der Waals surface area contributed by atoms with Crippen LogP contribution in [-0.4, -0.2) is 18.1 Å². The predicted molar refractivity (Wildman–Crippen MR) is 76.8 cm³/mol. The van der Waals surface area contributed by atoms with Crippen molar-refractivity contribution in [3.05, 3.63) is 30.5 Å². The summed E-state index contributed by atoms with van der Waals surface area (Å²) < 4.78 is 0. The summed E-state index contributed by atoms with van der Waals surface area (Å²) in [4.78, 5) is 6.73. The topological polar surface area (TPSA) is 42.2 Å². The minimum atomic E-state index is 0.864. The van der Waals surface area contributed by atoms with E-state index < -0.39 is 0 Å². The van der Waals surface area contributed by atoms with Crippen molar-refractivity contribution in [3.63, 3.8) is 0 Å². The number of rotatable bonds is 4. The Morgan fingerprint density at radius 2 is 2.17 bits per heavy atom. The highest BCUT2D eigenvalue weighted by Gasteiger charge is 2.24. The summed E-state index contributed by atoms with van der Waals surface area (Å²) >= 11 is 0. The lowest BCUT2D eigenvalue weighted by molar-refractivity contribution is 0.743. The molecule has 0 bridgehead atoms. The van der Waals surface area contributed by atoms with Crippen molar-refractivity contribution in [1.29, 1.82) is 0 Å². The fraction of sp³-hybridized carbons (Fsp3) is 0.400. The van der Waals surface area contributed by atoms with Crippen LogP contribution in [0.25, 0.3) is 10.9 Å². The molecule has 0 atom stereocenters. The van der Waals surface area contributed by atoms with E-state index in [2.05, 4.69) is 28.9 Å². The average Bonchev–Trinajstić information content (AvgIpc) is 3.21. The Balaban J connectivity index is 2.01. The molecule has 0 radical (unpaired) electrons. The van der Waals surface area contributed by atoms with Gasteiger partial charge in [0.15, 0.2) is 0 Å². The molecule has 1 aliphatic carbocycles. The lowest BCUT2D eigenvalue weighted by atomic mass is 10.1. The van der Waals surface area contributed by atoms with Gasteiger partial charge in [0.25, 0.3) is 0 Å². The molecule has 0 unspecified atom stereocenters. The molecule has 2 N–H and O–H groups in total. The first-order valence-electron chi connectivity index (χ1n) is 6.67. The molecule has 1 aromatic heterocycles. The number of nitrogen functional groups attached to an aromatic ring is 1. The van der Waals surface area contributed by atoms with Crippen LogP contribution in [0.1, 0.15) is 19.8 Å². The van der Waals surface area contributed by atoms with Gasteiger partial charge in [0.2, 0.25) is 0 Å². The van der Waals surface area contributed by atoms with Gasteiger partial charge in [-0.1, -0.05) is 0 Å². The molecular weight excluding hydrogens is 222 g/mol. The van der Waals surface area contributed by atoms with Crippen molar-refractivity contribution in [2.45, 2.75) is 19.8 Å². The molecule has 1 aliphatic rings. The number of fused-ring (bicyclic) bond motifs is 1. The number of nitrogens with two attached hydrogens (primary N) is 1. The summed E-state index contributed by atoms with van der Waals surface area (Å²) in [6.07, 6.45) is 4.54. The zero-order valence-corrected chi connectivity index (χ0v) is 10.8. The van der Waals surface area contributed by atoms with Gasteiger partial charge in [-0.2, -0.15) is 0 Å². The maximum atomic E-state index is 6.31. The molecule has 0 spiro atoms. The molecule has 3 heteroatoms. The van der Waals surface area contributed by atoms with Crippen molar-refractivity contribution in [2.24, 2.45) is 5.92 Å². The summed E-state index contributed by atoms with van der Waals surface area (Å²) in [5.74, 6) is 0.869. The third-order valence-corrected chi connectivity index (χ3v) is 3.70. The Labute approximate surface area is 108 Å². The second kappa shape index (κ2) is 4.48. The van der Waals surface area contributed by atoms with Gasteiger partial charge in [0.1, 0.15) is 0 Å². The summed E-state index contributed by atoms with van der Waals surface area (Å²) in [5, 5.41) is 1.06. The van der Waals surface area contributed by atoms with E-state index in [0.29, 0.717) is 0 Å². The molecule has 0 amide bonds. The molecule has 0 saturated heterocycles. The second-order valence-electron chi connectivity index (χ2n) is 5.05. The maximum Gasteiger partial charge on any atom is 0.0724 e. The van der Waals surface area contributed by atoms with Crippen LogP contribution in [0.2, 0.25) is 0 Å². The molecule has 3 nitrogen and oxygen atoms in total. The third-order valence-electron chi connectivity index (χ3n) is 3.70. The molecule has 1 saturated carbocycles. The van der Waals surface area contributed by atoms with Crippen molar-refractivity contribution >= 4 is 22.3 Å². The van der Waals surface area contributed by atoms with Crippen LogP contribution in [0.3, 0.4) is 0 Å². The lowest BCUT2D eigenvalue weighted by Gasteiger charge is -2.25. The van der Waals surface area contributed by atoms with Crippen LogP contribution >= 0.6 is 0 Å². The first-order valence-corrected chi connectivity index (χ1v) is 6.67. The fourth-order valence-corrected chi connectivity index (χ4v) is 2.45. The zero-order chi connectivity index (χ0) is 12.5. The molecule has 18 heavy (non-hydrogen) atoms. The quantitative estimate of drug-likeness (QED) is 0.836. The summed E-state index contributed by atoms with van der Waals surface area (Å²) in [6.45, 7) is 4.33. The second-order valence-corrected chi connectivity index (χ2v) is 5.05. The Bertz CT molecular complexity index is 561. The first kappa shape index (κ1) is 11.3. The smallest absolute Gasteiger partial charge is 0.0724 e. The van der Waals surface area contributed by atoms with Gasteiger partial charge in [0, 0.05) is 24.7 Å². The molecule has 1 heterocycles. The van der Waals surface area contributed by atoms with E-state index >= 15 is 0 Å². The van der Waals surface area contributed by atoms with Crippen LogP contribution in [0, 0.1) is 5.92 Å². The van der Waals surface area contributed by atoms with E-state index in [1.807, 2.05) is 18.3 Å². The van der Waals surface area contributed by atoms with Gasteiger partial charge in [-0.05, 0) is 49.9 Å². The molecule has 1 fully saturated rings. The Kier molecular flexibility index (Phi) is 2.82. The van der Waals surface area contributed by atoms with Gasteiger partial charge in [-0.25, -0.2) is 0 Å². The predicted octanol–water partition coefficient (Wildman–Crippen LogP) is 3.05. The minimum Gasteiger partial charge on any atom is -0.396 e. The summed E-state index contributed by atoms with van der Waals surface area (Å²) in [6, 6.07) is 8.17. The Hall–Kier alpha value is -1.77. The van der Waals surface area contributed by atoms with E-state index in [9.17, 15) is 0 Å². The van der Waals surface area contributed by atoms with Crippen LogP contribution in [0.15, 0.2) is 30.5 Å². The van der Waals surface area contributed by atoms with E-state index in [0.717, 1.165) is 41.3 Å². The fourth-order valence-electron chi connectivity index (χ4n) is 2.45. The van der Waals surface area contributed by atoms with Crippen molar-refractivity contribution in [1.82, 2.24) is 4.98 Å². The number of nitrogens with zero attached hydrogens (tertiary/aromatic N) is 2. The molecule has 1 aromatic carbocycles. The average molecular weight is 241 g/mol. The van der Waals surface area contributed by atoms with Gasteiger partial charge in [-0.3, -0.25) is 4.98 Å². The van der Waals surface area contributed by atoms with Gasteiger partial charge >= 0.3 is 0 Å². The highest BCUT2D eigenvalue weighted by atomic mass is 15.1. The van der Waals surface area contributed by atoms with Gasteiger partial charge in [-0.15, -0.1) is 0 Å². The molecular formula is C15H19N3. The van der Waals surface area contributed by atoms with Gasteiger partial charge in [0.05, 0.1) is 16.9 Å². The number of anilines is 2. The number of hydrogen-bond acceptors (Lipinski definition) is 3. The zero-order valence-electron chi connectivity index (χ0n) is 10.8. The number of pyridine rings is 1. The Morgan fingerprint density at radius 1 is 1.33 bits per heavy atom. The first-order chi connectivity index (χ1) is 8.79. The van der Waals surface area contributed by atoms with Crippen molar-refractivity contribution in [3.8, 4) is 0 Å². The number of benzene rings is 1. The third kappa shape index (κ3) is 2.01. The van der Waals surface area contributed by atoms with E-state index in [1.165, 1.54) is 12.8 Å². The molecule has 2 aromatic rings. The molecule has 0 aliphatic heterocycles. The molecule has 94 valence electrons. The van der Waals surface area contributed by atoms with E-state index in [-0.39, 0.29) is 0 Å². The van der Waals surface area contributed by atoms with Crippen LogP contribution < -0.4 is 10.6 Å². The van der Waals surface area contributed by atoms with Crippen LogP contribution in [0.4, 0.5) is 11.4 Å². The van der Waals surface area contributed by atoms with Gasteiger partial charge < -0.3 is 10.6 Å². The molecule has 3 rings (SSSR count). The lowest BCUT2D eigenvalue weighted by Crippen LogP contribution is -2.26. The van der Waals surface area contributed by atoms with Crippen LogP contribution in [-0.2, 0) is 0 Å². The maximum absolute atomic E-state index is 6.31. The number of hydrogen-bond donors (Lipinski definition) is 1. The van der Waals surface area contributed by atoms with E-state index in [1.54, 1.807) is 0 Å². The number of aromatic nitrogens is 1.